The van der Waals surface area contributed by atoms with Crippen LogP contribution in [0.4, 0.5) is 4.39 Å². The third kappa shape index (κ3) is 3.46. The summed E-state index contributed by atoms with van der Waals surface area (Å²) in [5.74, 6) is 0.620. The molecule has 88 valence electrons. The zero-order valence-electron chi connectivity index (χ0n) is 9.06. The van der Waals surface area contributed by atoms with Gasteiger partial charge in [-0.3, -0.25) is 0 Å². The molecule has 0 heterocycles. The van der Waals surface area contributed by atoms with Crippen LogP contribution in [0.2, 0.25) is 0 Å². The molecule has 3 heteroatoms. The van der Waals surface area contributed by atoms with E-state index in [1.165, 1.54) is 18.9 Å². The highest BCUT2D eigenvalue weighted by molar-refractivity contribution is 9.10. The summed E-state index contributed by atoms with van der Waals surface area (Å²) in [6.07, 6.45) is 5.30. The van der Waals surface area contributed by atoms with Crippen molar-refractivity contribution in [1.82, 2.24) is 0 Å². The maximum atomic E-state index is 13.4. The summed E-state index contributed by atoms with van der Waals surface area (Å²) in [5, 5.41) is 0.301. The first-order chi connectivity index (χ1) is 7.66. The van der Waals surface area contributed by atoms with Gasteiger partial charge in [0.1, 0.15) is 5.82 Å². The quantitative estimate of drug-likeness (QED) is 0.677. The summed E-state index contributed by atoms with van der Waals surface area (Å²) in [5.41, 5.74) is 0.786. The van der Waals surface area contributed by atoms with E-state index in [1.54, 1.807) is 6.07 Å². The highest BCUT2D eigenvalue weighted by atomic mass is 79.9. The molecule has 1 fully saturated rings. The molecule has 0 bridgehead atoms. The summed E-state index contributed by atoms with van der Waals surface area (Å²) >= 11 is 9.57. The lowest BCUT2D eigenvalue weighted by Gasteiger charge is -2.08. The fourth-order valence-corrected chi connectivity index (χ4v) is 2.73. The number of rotatable bonds is 5. The van der Waals surface area contributed by atoms with Gasteiger partial charge in [0.05, 0.1) is 0 Å². The molecule has 0 aliphatic heterocycles. The second-order valence-electron chi connectivity index (χ2n) is 4.48. The second kappa shape index (κ2) is 5.50. The van der Waals surface area contributed by atoms with Crippen LogP contribution in [-0.2, 0) is 6.42 Å². The zero-order valence-corrected chi connectivity index (χ0v) is 11.4. The Kier molecular flexibility index (Phi) is 4.26. The molecule has 0 radical (unpaired) electrons. The lowest BCUT2D eigenvalue weighted by Crippen LogP contribution is -2.02. The lowest BCUT2D eigenvalue weighted by molar-refractivity contribution is 0.588. The zero-order chi connectivity index (χ0) is 11.5. The first-order valence-corrected chi connectivity index (χ1v) is 6.98. The Morgan fingerprint density at radius 1 is 1.44 bits per heavy atom. The van der Waals surface area contributed by atoms with Gasteiger partial charge >= 0.3 is 0 Å². The number of aryl methyl sites for hydroxylation is 1. The number of benzene rings is 1. The van der Waals surface area contributed by atoms with Crippen molar-refractivity contribution in [2.75, 3.05) is 0 Å². The predicted molar refractivity (Wildman–Crippen MR) is 69.4 cm³/mol. The molecule has 1 saturated carbocycles. The fourth-order valence-electron chi connectivity index (χ4n) is 1.92. The van der Waals surface area contributed by atoms with Crippen molar-refractivity contribution in [2.45, 2.75) is 37.5 Å². The maximum absolute atomic E-state index is 13.4. The Morgan fingerprint density at radius 3 is 2.88 bits per heavy atom. The number of alkyl halides is 1. The van der Waals surface area contributed by atoms with E-state index in [0.29, 0.717) is 5.38 Å². The van der Waals surface area contributed by atoms with Crippen LogP contribution in [0.5, 0.6) is 0 Å². The van der Waals surface area contributed by atoms with Crippen LogP contribution < -0.4 is 0 Å². The SMILES string of the molecule is Fc1ccc(Br)cc1CCCC(Cl)C1CC1. The highest BCUT2D eigenvalue weighted by Gasteiger charge is 2.28. The van der Waals surface area contributed by atoms with Gasteiger partial charge in [-0.25, -0.2) is 4.39 Å². The van der Waals surface area contributed by atoms with Crippen LogP contribution in [-0.4, -0.2) is 5.38 Å². The van der Waals surface area contributed by atoms with Crippen LogP contribution in [0.3, 0.4) is 0 Å². The molecule has 0 aromatic heterocycles. The Bertz CT molecular complexity index is 363. The molecule has 1 aliphatic carbocycles. The van der Waals surface area contributed by atoms with E-state index < -0.39 is 0 Å². The first kappa shape index (κ1) is 12.4. The molecular weight excluding hydrogens is 290 g/mol. The van der Waals surface area contributed by atoms with E-state index in [9.17, 15) is 4.39 Å². The molecule has 1 aliphatic rings. The van der Waals surface area contributed by atoms with E-state index >= 15 is 0 Å². The van der Waals surface area contributed by atoms with E-state index in [1.807, 2.05) is 6.07 Å². The predicted octanol–water partition coefficient (Wildman–Crippen LogP) is 4.93. The maximum Gasteiger partial charge on any atom is 0.126 e. The van der Waals surface area contributed by atoms with Gasteiger partial charge < -0.3 is 0 Å². The Balaban J connectivity index is 1.81. The van der Waals surface area contributed by atoms with E-state index in [0.717, 1.165) is 35.2 Å². The van der Waals surface area contributed by atoms with Crippen LogP contribution in [0.15, 0.2) is 22.7 Å². The van der Waals surface area contributed by atoms with Crippen LogP contribution in [0, 0.1) is 11.7 Å². The van der Waals surface area contributed by atoms with Crippen molar-refractivity contribution < 1.29 is 4.39 Å². The Morgan fingerprint density at radius 2 is 2.19 bits per heavy atom. The van der Waals surface area contributed by atoms with Gasteiger partial charge in [-0.2, -0.15) is 0 Å². The lowest BCUT2D eigenvalue weighted by atomic mass is 10.1. The third-order valence-electron chi connectivity index (χ3n) is 3.07. The topological polar surface area (TPSA) is 0 Å². The van der Waals surface area contributed by atoms with Crippen molar-refractivity contribution in [3.05, 3.63) is 34.1 Å². The summed E-state index contributed by atoms with van der Waals surface area (Å²) in [6.45, 7) is 0. The smallest absolute Gasteiger partial charge is 0.126 e. The summed E-state index contributed by atoms with van der Waals surface area (Å²) in [7, 11) is 0. The molecule has 0 spiro atoms. The second-order valence-corrected chi connectivity index (χ2v) is 5.96. The van der Waals surface area contributed by atoms with Gasteiger partial charge in [0.25, 0.3) is 0 Å². The normalized spacial score (nSPS) is 17.4. The van der Waals surface area contributed by atoms with E-state index in [4.69, 9.17) is 11.6 Å². The van der Waals surface area contributed by atoms with Crippen molar-refractivity contribution in [2.24, 2.45) is 5.92 Å². The van der Waals surface area contributed by atoms with Gasteiger partial charge in [-0.1, -0.05) is 15.9 Å². The molecule has 0 N–H and O–H groups in total. The average Bonchev–Trinajstić information content (AvgIpc) is 3.06. The molecular formula is C13H15BrClF. The minimum absolute atomic E-state index is 0.110. The van der Waals surface area contributed by atoms with Gasteiger partial charge in [0, 0.05) is 9.85 Å². The summed E-state index contributed by atoms with van der Waals surface area (Å²) in [6, 6.07) is 5.10. The number of hydrogen-bond donors (Lipinski definition) is 0. The van der Waals surface area contributed by atoms with Gasteiger partial charge in [0.15, 0.2) is 0 Å². The Hall–Kier alpha value is -0.0800. The Labute approximate surface area is 109 Å². The van der Waals surface area contributed by atoms with Crippen LogP contribution >= 0.6 is 27.5 Å². The monoisotopic (exact) mass is 304 g/mol. The van der Waals surface area contributed by atoms with Crippen LogP contribution in [0.1, 0.15) is 31.2 Å². The highest BCUT2D eigenvalue weighted by Crippen LogP contribution is 2.37. The first-order valence-electron chi connectivity index (χ1n) is 5.75. The molecule has 16 heavy (non-hydrogen) atoms. The third-order valence-corrected chi connectivity index (χ3v) is 4.14. The fraction of sp³-hybridized carbons (Fsp3) is 0.538. The average molecular weight is 306 g/mol. The molecule has 0 nitrogen and oxygen atoms in total. The van der Waals surface area contributed by atoms with Gasteiger partial charge in [-0.05, 0) is 61.8 Å². The molecule has 1 atom stereocenters. The van der Waals surface area contributed by atoms with Gasteiger partial charge in [0.2, 0.25) is 0 Å². The van der Waals surface area contributed by atoms with Crippen molar-refractivity contribution >= 4 is 27.5 Å². The van der Waals surface area contributed by atoms with E-state index in [-0.39, 0.29) is 5.82 Å². The van der Waals surface area contributed by atoms with E-state index in [2.05, 4.69) is 15.9 Å². The molecule has 0 saturated heterocycles. The van der Waals surface area contributed by atoms with Crippen molar-refractivity contribution in [3.63, 3.8) is 0 Å². The van der Waals surface area contributed by atoms with Gasteiger partial charge in [-0.15, -0.1) is 11.6 Å². The summed E-state index contributed by atoms with van der Waals surface area (Å²) < 4.78 is 14.3. The van der Waals surface area contributed by atoms with Crippen molar-refractivity contribution in [3.8, 4) is 0 Å². The molecule has 2 rings (SSSR count). The molecule has 1 unspecified atom stereocenters. The van der Waals surface area contributed by atoms with Crippen molar-refractivity contribution in [1.29, 1.82) is 0 Å². The van der Waals surface area contributed by atoms with Crippen LogP contribution in [0.25, 0.3) is 0 Å². The minimum atomic E-state index is -0.110. The summed E-state index contributed by atoms with van der Waals surface area (Å²) in [4.78, 5) is 0. The standard InChI is InChI=1S/C13H15BrClF/c14-11-6-7-13(16)10(8-11)2-1-3-12(15)9-4-5-9/h6-9,12H,1-5H2. The molecule has 0 amide bonds. The largest absolute Gasteiger partial charge is 0.207 e. The minimum Gasteiger partial charge on any atom is -0.207 e. The molecule has 1 aromatic carbocycles. The molecule has 1 aromatic rings. The number of hydrogen-bond acceptors (Lipinski definition) is 0. The number of halogens is 3.